The first-order valence-electron chi connectivity index (χ1n) is 8.21. The van der Waals surface area contributed by atoms with Crippen LogP contribution in [0.4, 0.5) is 4.79 Å². The maximum atomic E-state index is 11.3. The van der Waals surface area contributed by atoms with E-state index >= 15 is 0 Å². The summed E-state index contributed by atoms with van der Waals surface area (Å²) in [5.74, 6) is 0. The molecule has 0 atom stereocenters. The third kappa shape index (κ3) is 4.94. The van der Waals surface area contributed by atoms with Gasteiger partial charge in [0.05, 0.1) is 0 Å². The molecular weight excluding hydrogens is 252 g/mol. The predicted octanol–water partition coefficient (Wildman–Crippen LogP) is 1.26. The van der Waals surface area contributed by atoms with Crippen molar-refractivity contribution in [2.24, 2.45) is 0 Å². The zero-order chi connectivity index (χ0) is 14.2. The third-order valence-corrected chi connectivity index (χ3v) is 4.57. The molecule has 0 unspecified atom stereocenters. The predicted molar refractivity (Wildman–Crippen MR) is 82.0 cm³/mol. The second-order valence-electron chi connectivity index (χ2n) is 6.09. The van der Waals surface area contributed by atoms with Gasteiger partial charge >= 0.3 is 6.03 Å². The number of rotatable bonds is 8. The molecule has 1 saturated heterocycles. The van der Waals surface area contributed by atoms with Gasteiger partial charge in [0.2, 0.25) is 0 Å². The van der Waals surface area contributed by atoms with Crippen LogP contribution in [0.2, 0.25) is 0 Å². The van der Waals surface area contributed by atoms with E-state index < -0.39 is 0 Å². The molecular formula is C15H30N4O. The number of amides is 2. The molecule has 0 radical (unpaired) electrons. The molecule has 20 heavy (non-hydrogen) atoms. The summed E-state index contributed by atoms with van der Waals surface area (Å²) in [6.07, 6.45) is 8.20. The Labute approximate surface area is 123 Å². The van der Waals surface area contributed by atoms with Gasteiger partial charge in [-0.25, -0.2) is 4.79 Å². The van der Waals surface area contributed by atoms with Gasteiger partial charge in [-0.2, -0.15) is 0 Å². The standard InChI is InChI=1S/C15H30N4O/c1-18(14-6-3-2-4-7-14)11-5-8-16-9-12-19-13-10-17-15(19)20/h14,16H,2-13H2,1H3,(H,17,20). The van der Waals surface area contributed by atoms with E-state index in [1.165, 1.54) is 45.1 Å². The van der Waals surface area contributed by atoms with Crippen molar-refractivity contribution in [1.29, 1.82) is 0 Å². The number of nitrogens with zero attached hydrogens (tertiary/aromatic N) is 2. The van der Waals surface area contributed by atoms with Crippen LogP contribution in [-0.2, 0) is 0 Å². The van der Waals surface area contributed by atoms with Crippen molar-refractivity contribution in [2.75, 3.05) is 46.3 Å². The van der Waals surface area contributed by atoms with E-state index in [1.54, 1.807) is 0 Å². The van der Waals surface area contributed by atoms with Crippen LogP contribution in [0.3, 0.4) is 0 Å². The third-order valence-electron chi connectivity index (χ3n) is 4.57. The summed E-state index contributed by atoms with van der Waals surface area (Å²) in [6, 6.07) is 0.904. The highest BCUT2D eigenvalue weighted by atomic mass is 16.2. The van der Waals surface area contributed by atoms with Crippen LogP contribution in [0.1, 0.15) is 38.5 Å². The summed E-state index contributed by atoms with van der Waals surface area (Å²) in [5.41, 5.74) is 0. The lowest BCUT2D eigenvalue weighted by atomic mass is 9.94. The van der Waals surface area contributed by atoms with E-state index in [4.69, 9.17) is 0 Å². The quantitative estimate of drug-likeness (QED) is 0.659. The van der Waals surface area contributed by atoms with Gasteiger partial charge in [0.15, 0.2) is 0 Å². The zero-order valence-corrected chi connectivity index (χ0v) is 12.9. The van der Waals surface area contributed by atoms with Crippen molar-refractivity contribution in [3.05, 3.63) is 0 Å². The number of carbonyl (C=O) groups is 1. The SMILES string of the molecule is CN(CCCNCCN1CCNC1=O)C1CCCCC1. The fraction of sp³-hybridized carbons (Fsp3) is 0.933. The first-order valence-corrected chi connectivity index (χ1v) is 8.21. The van der Waals surface area contributed by atoms with Crippen molar-refractivity contribution in [3.8, 4) is 0 Å². The van der Waals surface area contributed by atoms with Gasteiger partial charge in [-0.15, -0.1) is 0 Å². The molecule has 2 aliphatic rings. The van der Waals surface area contributed by atoms with Crippen molar-refractivity contribution in [1.82, 2.24) is 20.4 Å². The monoisotopic (exact) mass is 282 g/mol. The molecule has 0 aromatic rings. The van der Waals surface area contributed by atoms with E-state index in [-0.39, 0.29) is 6.03 Å². The van der Waals surface area contributed by atoms with Crippen LogP contribution < -0.4 is 10.6 Å². The largest absolute Gasteiger partial charge is 0.336 e. The van der Waals surface area contributed by atoms with Crippen molar-refractivity contribution in [3.63, 3.8) is 0 Å². The van der Waals surface area contributed by atoms with Crippen LogP contribution >= 0.6 is 0 Å². The summed E-state index contributed by atoms with van der Waals surface area (Å²) in [7, 11) is 2.27. The number of carbonyl (C=O) groups excluding carboxylic acids is 1. The van der Waals surface area contributed by atoms with E-state index in [9.17, 15) is 4.79 Å². The van der Waals surface area contributed by atoms with Gasteiger partial charge in [-0.05, 0) is 39.4 Å². The maximum absolute atomic E-state index is 11.3. The summed E-state index contributed by atoms with van der Waals surface area (Å²) >= 11 is 0. The highest BCUT2D eigenvalue weighted by molar-refractivity contribution is 5.76. The number of nitrogens with one attached hydrogen (secondary N) is 2. The number of hydrogen-bond donors (Lipinski definition) is 2. The van der Waals surface area contributed by atoms with Crippen LogP contribution in [-0.4, -0.2) is 68.2 Å². The normalized spacial score (nSPS) is 20.7. The Kier molecular flexibility index (Phi) is 6.60. The van der Waals surface area contributed by atoms with Gasteiger partial charge in [-0.1, -0.05) is 19.3 Å². The second-order valence-corrected chi connectivity index (χ2v) is 6.09. The van der Waals surface area contributed by atoms with Crippen molar-refractivity contribution < 1.29 is 4.79 Å². The second kappa shape index (κ2) is 8.47. The fourth-order valence-electron chi connectivity index (χ4n) is 3.22. The molecule has 2 rings (SSSR count). The number of hydrogen-bond acceptors (Lipinski definition) is 3. The van der Waals surface area contributed by atoms with Gasteiger partial charge < -0.3 is 20.4 Å². The molecule has 1 aliphatic carbocycles. The Bertz CT molecular complexity index is 292. The fourth-order valence-corrected chi connectivity index (χ4v) is 3.22. The topological polar surface area (TPSA) is 47.6 Å². The molecule has 2 N–H and O–H groups in total. The van der Waals surface area contributed by atoms with Crippen molar-refractivity contribution >= 4 is 6.03 Å². The van der Waals surface area contributed by atoms with E-state index in [0.29, 0.717) is 0 Å². The van der Waals surface area contributed by atoms with Gasteiger partial charge in [0.1, 0.15) is 0 Å². The molecule has 0 spiro atoms. The highest BCUT2D eigenvalue weighted by Crippen LogP contribution is 2.21. The van der Waals surface area contributed by atoms with Crippen LogP contribution in [0.25, 0.3) is 0 Å². The Morgan fingerprint density at radius 3 is 2.80 bits per heavy atom. The lowest BCUT2D eigenvalue weighted by Gasteiger charge is -2.31. The molecule has 1 aliphatic heterocycles. The Morgan fingerprint density at radius 2 is 2.10 bits per heavy atom. The Balaban J connectivity index is 1.45. The minimum Gasteiger partial charge on any atom is -0.336 e. The molecule has 5 nitrogen and oxygen atoms in total. The van der Waals surface area contributed by atoms with Crippen LogP contribution in [0.15, 0.2) is 0 Å². The number of urea groups is 1. The summed E-state index contributed by atoms with van der Waals surface area (Å²) in [5, 5.41) is 6.27. The van der Waals surface area contributed by atoms with Crippen LogP contribution in [0, 0.1) is 0 Å². The molecule has 1 saturated carbocycles. The Morgan fingerprint density at radius 1 is 1.30 bits per heavy atom. The molecule has 2 fully saturated rings. The van der Waals surface area contributed by atoms with Gasteiger partial charge in [0, 0.05) is 32.2 Å². The lowest BCUT2D eigenvalue weighted by Crippen LogP contribution is -2.37. The summed E-state index contributed by atoms with van der Waals surface area (Å²) in [4.78, 5) is 15.8. The highest BCUT2D eigenvalue weighted by Gasteiger charge is 2.18. The van der Waals surface area contributed by atoms with E-state index in [0.717, 1.165) is 38.8 Å². The smallest absolute Gasteiger partial charge is 0.317 e. The van der Waals surface area contributed by atoms with E-state index in [2.05, 4.69) is 22.6 Å². The first-order chi connectivity index (χ1) is 9.77. The van der Waals surface area contributed by atoms with Crippen LogP contribution in [0.5, 0.6) is 0 Å². The molecule has 116 valence electrons. The molecule has 0 aromatic heterocycles. The minimum atomic E-state index is 0.0869. The molecule has 0 bridgehead atoms. The summed E-state index contributed by atoms with van der Waals surface area (Å²) < 4.78 is 0. The first kappa shape index (κ1) is 15.6. The molecule has 1 heterocycles. The summed E-state index contributed by atoms with van der Waals surface area (Å²) in [6.45, 7) is 5.61. The van der Waals surface area contributed by atoms with Gasteiger partial charge in [0.25, 0.3) is 0 Å². The van der Waals surface area contributed by atoms with E-state index in [1.807, 2.05) is 4.90 Å². The minimum absolute atomic E-state index is 0.0869. The van der Waals surface area contributed by atoms with Crippen molar-refractivity contribution in [2.45, 2.75) is 44.6 Å². The zero-order valence-electron chi connectivity index (χ0n) is 12.9. The maximum Gasteiger partial charge on any atom is 0.317 e. The van der Waals surface area contributed by atoms with Gasteiger partial charge in [-0.3, -0.25) is 0 Å². The molecule has 5 heteroatoms. The Hall–Kier alpha value is -0.810. The molecule has 2 amide bonds. The lowest BCUT2D eigenvalue weighted by molar-refractivity contribution is 0.189. The average Bonchev–Trinajstić information content (AvgIpc) is 2.89. The average molecular weight is 282 g/mol. The molecule has 0 aromatic carbocycles.